The van der Waals surface area contributed by atoms with Gasteiger partial charge in [0.2, 0.25) is 0 Å². The number of halogens is 1. The summed E-state index contributed by atoms with van der Waals surface area (Å²) in [5, 5.41) is 0. The summed E-state index contributed by atoms with van der Waals surface area (Å²) in [5.41, 5.74) is 3.04. The van der Waals surface area contributed by atoms with E-state index in [9.17, 15) is 9.18 Å². The van der Waals surface area contributed by atoms with Crippen molar-refractivity contribution in [1.29, 1.82) is 0 Å². The van der Waals surface area contributed by atoms with Crippen LogP contribution in [0.15, 0.2) is 42.5 Å². The van der Waals surface area contributed by atoms with E-state index in [0.717, 1.165) is 24.0 Å². The van der Waals surface area contributed by atoms with Gasteiger partial charge in [0.05, 0.1) is 5.56 Å². The second kappa shape index (κ2) is 6.47. The predicted molar refractivity (Wildman–Crippen MR) is 79.6 cm³/mol. The molecule has 0 unspecified atom stereocenters. The van der Waals surface area contributed by atoms with Crippen LogP contribution in [-0.2, 0) is 6.42 Å². The van der Waals surface area contributed by atoms with Gasteiger partial charge >= 0.3 is 0 Å². The number of hydrogen-bond acceptors (Lipinski definition) is 1. The third-order valence-corrected chi connectivity index (χ3v) is 3.42. The van der Waals surface area contributed by atoms with E-state index in [-0.39, 0.29) is 11.3 Å². The highest BCUT2D eigenvalue weighted by atomic mass is 19.1. The van der Waals surface area contributed by atoms with Crippen molar-refractivity contribution >= 4 is 5.78 Å². The van der Waals surface area contributed by atoms with Gasteiger partial charge in [-0.1, -0.05) is 36.4 Å². The topological polar surface area (TPSA) is 17.1 Å². The molecule has 0 aliphatic heterocycles. The lowest BCUT2D eigenvalue weighted by atomic mass is 9.97. The van der Waals surface area contributed by atoms with Gasteiger partial charge in [0.15, 0.2) is 5.78 Å². The fraction of sp³-hybridized carbons (Fsp3) is 0.278. The maximum atomic E-state index is 13.9. The molecule has 0 bridgehead atoms. The number of aryl methyl sites for hydroxylation is 3. The molecule has 1 nitrogen and oxygen atoms in total. The fourth-order valence-corrected chi connectivity index (χ4v) is 2.49. The molecule has 0 atom stereocenters. The molecule has 2 aromatic rings. The molecule has 0 aromatic heterocycles. The fourth-order valence-electron chi connectivity index (χ4n) is 2.49. The number of rotatable bonds is 5. The van der Waals surface area contributed by atoms with Crippen molar-refractivity contribution in [2.45, 2.75) is 33.1 Å². The van der Waals surface area contributed by atoms with Gasteiger partial charge in [0.1, 0.15) is 5.82 Å². The van der Waals surface area contributed by atoms with Crippen molar-refractivity contribution in [1.82, 2.24) is 0 Å². The van der Waals surface area contributed by atoms with Gasteiger partial charge in [-0.2, -0.15) is 0 Å². The Kier molecular flexibility index (Phi) is 4.67. The van der Waals surface area contributed by atoms with Gasteiger partial charge in [-0.15, -0.1) is 0 Å². The summed E-state index contributed by atoms with van der Waals surface area (Å²) >= 11 is 0. The molecule has 2 aromatic carbocycles. The van der Waals surface area contributed by atoms with E-state index in [0.29, 0.717) is 6.42 Å². The summed E-state index contributed by atoms with van der Waals surface area (Å²) in [4.78, 5) is 12.1. The average Bonchev–Trinajstić information content (AvgIpc) is 2.38. The second-order valence-corrected chi connectivity index (χ2v) is 5.20. The van der Waals surface area contributed by atoms with Gasteiger partial charge in [-0.3, -0.25) is 4.79 Å². The summed E-state index contributed by atoms with van der Waals surface area (Å²) in [6.45, 7) is 3.63. The molecule has 0 aliphatic rings. The number of carbonyl (C=O) groups excluding carboxylic acids is 1. The number of Topliss-reactive ketones (excluding diaryl/α,β-unsaturated/α-hetero) is 1. The first-order valence-corrected chi connectivity index (χ1v) is 6.92. The van der Waals surface area contributed by atoms with Crippen LogP contribution in [0.5, 0.6) is 0 Å². The van der Waals surface area contributed by atoms with E-state index < -0.39 is 5.82 Å². The SMILES string of the molecule is Cc1cc(C)c(C(=O)CCCc2ccccc2)c(F)c1. The Balaban J connectivity index is 1.99. The van der Waals surface area contributed by atoms with Gasteiger partial charge in [0, 0.05) is 6.42 Å². The normalized spacial score (nSPS) is 10.6. The van der Waals surface area contributed by atoms with Crippen molar-refractivity contribution in [3.8, 4) is 0 Å². The zero-order valence-electron chi connectivity index (χ0n) is 11.9. The highest BCUT2D eigenvalue weighted by Crippen LogP contribution is 2.18. The zero-order chi connectivity index (χ0) is 14.5. The number of ketones is 1. The van der Waals surface area contributed by atoms with Crippen LogP contribution in [0.3, 0.4) is 0 Å². The molecule has 0 radical (unpaired) electrons. The molecule has 0 heterocycles. The lowest BCUT2D eigenvalue weighted by molar-refractivity contribution is 0.0975. The molecule has 2 rings (SSSR count). The third-order valence-electron chi connectivity index (χ3n) is 3.42. The molecular formula is C18H19FO. The first-order valence-electron chi connectivity index (χ1n) is 6.92. The molecule has 20 heavy (non-hydrogen) atoms. The Bertz CT molecular complexity index is 579. The summed E-state index contributed by atoms with van der Waals surface area (Å²) in [5.74, 6) is -0.497. The lowest BCUT2D eigenvalue weighted by Gasteiger charge is -2.08. The molecule has 0 spiro atoms. The molecular weight excluding hydrogens is 251 g/mol. The van der Waals surface area contributed by atoms with E-state index in [1.807, 2.05) is 43.3 Å². The Morgan fingerprint density at radius 2 is 1.80 bits per heavy atom. The standard InChI is InChI=1S/C18H19FO/c1-13-11-14(2)18(16(19)12-13)17(20)10-6-9-15-7-4-3-5-8-15/h3-5,7-8,11-12H,6,9-10H2,1-2H3. The molecule has 0 N–H and O–H groups in total. The van der Waals surface area contributed by atoms with Crippen molar-refractivity contribution in [3.63, 3.8) is 0 Å². The predicted octanol–water partition coefficient (Wildman–Crippen LogP) is 4.65. The van der Waals surface area contributed by atoms with Crippen molar-refractivity contribution in [2.24, 2.45) is 0 Å². The Morgan fingerprint density at radius 3 is 2.45 bits per heavy atom. The van der Waals surface area contributed by atoms with Crippen LogP contribution in [-0.4, -0.2) is 5.78 Å². The molecule has 0 fully saturated rings. The first-order chi connectivity index (χ1) is 9.58. The average molecular weight is 270 g/mol. The van der Waals surface area contributed by atoms with Crippen LogP contribution in [0.25, 0.3) is 0 Å². The highest BCUT2D eigenvalue weighted by molar-refractivity contribution is 5.97. The van der Waals surface area contributed by atoms with Crippen LogP contribution in [0.2, 0.25) is 0 Å². The maximum absolute atomic E-state index is 13.9. The van der Waals surface area contributed by atoms with Crippen molar-refractivity contribution in [3.05, 3.63) is 70.5 Å². The monoisotopic (exact) mass is 270 g/mol. The highest BCUT2D eigenvalue weighted by Gasteiger charge is 2.14. The van der Waals surface area contributed by atoms with Crippen LogP contribution in [0.4, 0.5) is 4.39 Å². The maximum Gasteiger partial charge on any atom is 0.166 e. The molecule has 0 aliphatic carbocycles. The quantitative estimate of drug-likeness (QED) is 0.723. The Labute approximate surface area is 119 Å². The van der Waals surface area contributed by atoms with Crippen molar-refractivity contribution in [2.75, 3.05) is 0 Å². The summed E-state index contributed by atoms with van der Waals surface area (Å²) in [6, 6.07) is 13.3. The minimum absolute atomic E-state index is 0.101. The van der Waals surface area contributed by atoms with E-state index in [4.69, 9.17) is 0 Å². The van der Waals surface area contributed by atoms with Crippen molar-refractivity contribution < 1.29 is 9.18 Å². The second-order valence-electron chi connectivity index (χ2n) is 5.20. The number of hydrogen-bond donors (Lipinski definition) is 0. The van der Waals surface area contributed by atoms with Crippen LogP contribution >= 0.6 is 0 Å². The Hall–Kier alpha value is -1.96. The smallest absolute Gasteiger partial charge is 0.166 e. The summed E-state index contributed by atoms with van der Waals surface area (Å²) < 4.78 is 13.9. The minimum atomic E-state index is -0.396. The van der Waals surface area contributed by atoms with E-state index in [1.165, 1.54) is 11.6 Å². The number of carbonyl (C=O) groups is 1. The van der Waals surface area contributed by atoms with E-state index in [2.05, 4.69) is 0 Å². The molecule has 0 saturated carbocycles. The molecule has 2 heteroatoms. The largest absolute Gasteiger partial charge is 0.294 e. The van der Waals surface area contributed by atoms with E-state index in [1.54, 1.807) is 6.92 Å². The third kappa shape index (κ3) is 3.53. The zero-order valence-corrected chi connectivity index (χ0v) is 11.9. The van der Waals surface area contributed by atoms with Crippen LogP contribution < -0.4 is 0 Å². The lowest BCUT2D eigenvalue weighted by Crippen LogP contribution is -2.06. The summed E-state index contributed by atoms with van der Waals surface area (Å²) in [6.07, 6.45) is 1.98. The van der Waals surface area contributed by atoms with Crippen LogP contribution in [0, 0.1) is 19.7 Å². The molecule has 104 valence electrons. The Morgan fingerprint density at radius 1 is 1.10 bits per heavy atom. The van der Waals surface area contributed by atoms with Gasteiger partial charge in [0.25, 0.3) is 0 Å². The summed E-state index contributed by atoms with van der Waals surface area (Å²) in [7, 11) is 0. The molecule has 0 amide bonds. The van der Waals surface area contributed by atoms with Gasteiger partial charge in [-0.25, -0.2) is 4.39 Å². The van der Waals surface area contributed by atoms with Gasteiger partial charge < -0.3 is 0 Å². The molecule has 0 saturated heterocycles. The number of benzene rings is 2. The first kappa shape index (κ1) is 14.4. The minimum Gasteiger partial charge on any atom is -0.294 e. The van der Waals surface area contributed by atoms with Gasteiger partial charge in [-0.05, 0) is 49.4 Å². The van der Waals surface area contributed by atoms with Crippen LogP contribution in [0.1, 0.15) is 39.9 Å². The van der Waals surface area contributed by atoms with E-state index >= 15 is 0 Å².